The highest BCUT2D eigenvalue weighted by atomic mass is 19.1. The standard InChI is InChI=1S/C15H14FNO/c16-13-7-4-8-14-12(13)9-15(10-17,18-14)11-5-2-1-3-6-11/h1-8H,9-10,17H2. The molecule has 0 aliphatic carbocycles. The molecule has 1 atom stereocenters. The molecule has 1 aliphatic heterocycles. The first-order valence-corrected chi connectivity index (χ1v) is 5.97. The zero-order valence-electron chi connectivity index (χ0n) is 9.90. The van der Waals surface area contributed by atoms with Crippen molar-refractivity contribution in [2.24, 2.45) is 5.73 Å². The Morgan fingerprint density at radius 3 is 2.56 bits per heavy atom. The molecular formula is C15H14FNO. The fourth-order valence-electron chi connectivity index (χ4n) is 2.47. The second-order valence-electron chi connectivity index (χ2n) is 4.56. The Morgan fingerprint density at radius 2 is 1.89 bits per heavy atom. The number of rotatable bonds is 2. The van der Waals surface area contributed by atoms with Crippen LogP contribution in [0.25, 0.3) is 0 Å². The van der Waals surface area contributed by atoms with Crippen molar-refractivity contribution in [3.63, 3.8) is 0 Å². The van der Waals surface area contributed by atoms with E-state index in [1.807, 2.05) is 30.3 Å². The summed E-state index contributed by atoms with van der Waals surface area (Å²) in [5.74, 6) is 0.378. The van der Waals surface area contributed by atoms with Gasteiger partial charge in [0.2, 0.25) is 0 Å². The van der Waals surface area contributed by atoms with Crippen molar-refractivity contribution in [3.05, 3.63) is 65.5 Å². The number of hydrogen-bond donors (Lipinski definition) is 1. The average molecular weight is 243 g/mol. The number of nitrogens with two attached hydrogens (primary N) is 1. The molecule has 92 valence electrons. The Balaban J connectivity index is 2.06. The molecule has 1 heterocycles. The minimum atomic E-state index is -0.633. The number of ether oxygens (including phenoxy) is 1. The molecule has 0 amide bonds. The third-order valence-electron chi connectivity index (χ3n) is 3.47. The van der Waals surface area contributed by atoms with Gasteiger partial charge in [0.05, 0.1) is 0 Å². The number of hydrogen-bond acceptors (Lipinski definition) is 2. The lowest BCUT2D eigenvalue weighted by atomic mass is 9.89. The highest BCUT2D eigenvalue weighted by Crippen LogP contribution is 2.41. The SMILES string of the molecule is NCC1(c2ccccc2)Cc2c(F)cccc2O1. The summed E-state index contributed by atoms with van der Waals surface area (Å²) in [5.41, 5.74) is 6.86. The molecule has 0 aromatic heterocycles. The molecular weight excluding hydrogens is 229 g/mol. The molecule has 2 aromatic carbocycles. The molecule has 0 radical (unpaired) electrons. The predicted octanol–water partition coefficient (Wildman–Crippen LogP) is 2.61. The largest absolute Gasteiger partial charge is 0.480 e. The highest BCUT2D eigenvalue weighted by molar-refractivity contribution is 5.43. The van der Waals surface area contributed by atoms with Gasteiger partial charge in [-0.05, 0) is 17.7 Å². The van der Waals surface area contributed by atoms with Crippen molar-refractivity contribution in [3.8, 4) is 5.75 Å². The van der Waals surface area contributed by atoms with Gasteiger partial charge in [-0.2, -0.15) is 0 Å². The Morgan fingerprint density at radius 1 is 1.11 bits per heavy atom. The minimum Gasteiger partial charge on any atom is -0.480 e. The van der Waals surface area contributed by atoms with E-state index >= 15 is 0 Å². The van der Waals surface area contributed by atoms with Crippen LogP contribution in [0.5, 0.6) is 5.75 Å². The molecule has 1 aliphatic rings. The van der Waals surface area contributed by atoms with Gasteiger partial charge in [-0.15, -0.1) is 0 Å². The van der Waals surface area contributed by atoms with E-state index in [-0.39, 0.29) is 5.82 Å². The van der Waals surface area contributed by atoms with E-state index in [4.69, 9.17) is 10.5 Å². The van der Waals surface area contributed by atoms with Crippen LogP contribution < -0.4 is 10.5 Å². The molecule has 0 fully saturated rings. The quantitative estimate of drug-likeness (QED) is 0.880. The third kappa shape index (κ3) is 1.59. The first-order chi connectivity index (χ1) is 8.75. The molecule has 18 heavy (non-hydrogen) atoms. The van der Waals surface area contributed by atoms with E-state index in [0.29, 0.717) is 24.3 Å². The lowest BCUT2D eigenvalue weighted by Gasteiger charge is -2.27. The molecule has 3 heteroatoms. The summed E-state index contributed by atoms with van der Waals surface area (Å²) in [4.78, 5) is 0. The van der Waals surface area contributed by atoms with Gasteiger partial charge in [0.25, 0.3) is 0 Å². The van der Waals surface area contributed by atoms with E-state index in [0.717, 1.165) is 5.56 Å². The number of benzene rings is 2. The normalized spacial score (nSPS) is 21.4. The summed E-state index contributed by atoms with van der Waals surface area (Å²) >= 11 is 0. The Hall–Kier alpha value is -1.87. The summed E-state index contributed by atoms with van der Waals surface area (Å²) in [6, 6.07) is 14.7. The zero-order chi connectivity index (χ0) is 12.6. The molecule has 0 saturated carbocycles. The van der Waals surface area contributed by atoms with Gasteiger partial charge < -0.3 is 10.5 Å². The molecule has 2 aromatic rings. The van der Waals surface area contributed by atoms with E-state index in [1.165, 1.54) is 6.07 Å². The minimum absolute atomic E-state index is 0.223. The average Bonchev–Trinajstić information content (AvgIpc) is 2.81. The fourth-order valence-corrected chi connectivity index (χ4v) is 2.47. The summed E-state index contributed by atoms with van der Waals surface area (Å²) in [6.07, 6.45) is 0.482. The van der Waals surface area contributed by atoms with Crippen molar-refractivity contribution in [2.75, 3.05) is 6.54 Å². The first-order valence-electron chi connectivity index (χ1n) is 5.97. The molecule has 0 bridgehead atoms. The van der Waals surface area contributed by atoms with Gasteiger partial charge in [0.1, 0.15) is 11.6 Å². The van der Waals surface area contributed by atoms with Crippen molar-refractivity contribution >= 4 is 0 Å². The van der Waals surface area contributed by atoms with E-state index in [2.05, 4.69) is 0 Å². The van der Waals surface area contributed by atoms with Crippen LogP contribution in [0.2, 0.25) is 0 Å². The maximum atomic E-state index is 13.8. The van der Waals surface area contributed by atoms with Crippen LogP contribution in [0.3, 0.4) is 0 Å². The second kappa shape index (κ2) is 4.10. The zero-order valence-corrected chi connectivity index (χ0v) is 9.90. The topological polar surface area (TPSA) is 35.2 Å². The smallest absolute Gasteiger partial charge is 0.150 e. The van der Waals surface area contributed by atoms with Gasteiger partial charge in [-0.1, -0.05) is 36.4 Å². The maximum Gasteiger partial charge on any atom is 0.150 e. The first kappa shape index (κ1) is 11.2. The lowest BCUT2D eigenvalue weighted by Crippen LogP contribution is -2.39. The summed E-state index contributed by atoms with van der Waals surface area (Å²) in [7, 11) is 0. The van der Waals surface area contributed by atoms with E-state index < -0.39 is 5.60 Å². The highest BCUT2D eigenvalue weighted by Gasteiger charge is 2.41. The van der Waals surface area contributed by atoms with Gasteiger partial charge in [-0.3, -0.25) is 0 Å². The van der Waals surface area contributed by atoms with E-state index in [9.17, 15) is 4.39 Å². The molecule has 0 saturated heterocycles. The second-order valence-corrected chi connectivity index (χ2v) is 4.56. The Kier molecular flexibility index (Phi) is 2.56. The third-order valence-corrected chi connectivity index (χ3v) is 3.47. The summed E-state index contributed by atoms with van der Waals surface area (Å²) in [5, 5.41) is 0. The molecule has 0 spiro atoms. The molecule has 2 nitrogen and oxygen atoms in total. The molecule has 3 rings (SSSR count). The maximum absolute atomic E-state index is 13.8. The Bertz CT molecular complexity index is 570. The van der Waals surface area contributed by atoms with Crippen LogP contribution in [0.4, 0.5) is 4.39 Å². The van der Waals surface area contributed by atoms with Crippen molar-refractivity contribution in [1.82, 2.24) is 0 Å². The number of fused-ring (bicyclic) bond motifs is 1. The van der Waals surface area contributed by atoms with Gasteiger partial charge in [0, 0.05) is 18.5 Å². The Labute approximate surface area is 105 Å². The van der Waals surface area contributed by atoms with Crippen molar-refractivity contribution < 1.29 is 9.13 Å². The predicted molar refractivity (Wildman–Crippen MR) is 67.9 cm³/mol. The van der Waals surface area contributed by atoms with Crippen LogP contribution in [0.15, 0.2) is 48.5 Å². The van der Waals surface area contributed by atoms with Crippen LogP contribution in [0, 0.1) is 5.82 Å². The monoisotopic (exact) mass is 243 g/mol. The van der Waals surface area contributed by atoms with Crippen LogP contribution >= 0.6 is 0 Å². The van der Waals surface area contributed by atoms with Crippen LogP contribution in [-0.2, 0) is 12.0 Å². The van der Waals surface area contributed by atoms with Gasteiger partial charge >= 0.3 is 0 Å². The van der Waals surface area contributed by atoms with Crippen LogP contribution in [-0.4, -0.2) is 6.54 Å². The summed E-state index contributed by atoms with van der Waals surface area (Å²) in [6.45, 7) is 0.325. The van der Waals surface area contributed by atoms with Crippen LogP contribution in [0.1, 0.15) is 11.1 Å². The molecule has 2 N–H and O–H groups in total. The van der Waals surface area contributed by atoms with Gasteiger partial charge in [-0.25, -0.2) is 4.39 Å². The lowest BCUT2D eigenvalue weighted by molar-refractivity contribution is 0.103. The van der Waals surface area contributed by atoms with Gasteiger partial charge in [0.15, 0.2) is 5.60 Å². The van der Waals surface area contributed by atoms with Crippen molar-refractivity contribution in [2.45, 2.75) is 12.0 Å². The molecule has 1 unspecified atom stereocenters. The number of halogens is 1. The summed E-state index contributed by atoms with van der Waals surface area (Å²) < 4.78 is 19.7. The fraction of sp³-hybridized carbons (Fsp3) is 0.200. The van der Waals surface area contributed by atoms with E-state index in [1.54, 1.807) is 12.1 Å². The van der Waals surface area contributed by atoms with Crippen molar-refractivity contribution in [1.29, 1.82) is 0 Å².